The highest BCUT2D eigenvalue weighted by Gasteiger charge is 2.07. The summed E-state index contributed by atoms with van der Waals surface area (Å²) in [6.45, 7) is 3.35. The molecule has 0 heterocycles. The van der Waals surface area contributed by atoms with Gasteiger partial charge in [-0.05, 0) is 26.0 Å². The number of nitrogens with zero attached hydrogens (tertiary/aromatic N) is 1. The Balaban J connectivity index is 2.78. The molecular weight excluding hydrogens is 230 g/mol. The van der Waals surface area contributed by atoms with Gasteiger partial charge in [0.15, 0.2) is 0 Å². The molecule has 4 nitrogen and oxygen atoms in total. The summed E-state index contributed by atoms with van der Waals surface area (Å²) >= 11 is 0. The molecule has 6 heteroatoms. The quantitative estimate of drug-likeness (QED) is 0.653. The Morgan fingerprint density at radius 1 is 1.47 bits per heavy atom. The highest BCUT2D eigenvalue weighted by Crippen LogP contribution is 2.10. The van der Waals surface area contributed by atoms with Crippen molar-refractivity contribution in [1.29, 1.82) is 0 Å². The maximum absolute atomic E-state index is 13.3. The summed E-state index contributed by atoms with van der Waals surface area (Å²) in [5, 5.41) is 3.63. The number of halogens is 2. The van der Waals surface area contributed by atoms with Gasteiger partial charge in [-0.3, -0.25) is 0 Å². The Bertz CT molecular complexity index is 447. The van der Waals surface area contributed by atoms with E-state index in [1.165, 1.54) is 13.0 Å². The lowest BCUT2D eigenvalue weighted by atomic mass is 10.1. The first-order valence-electron chi connectivity index (χ1n) is 4.97. The molecule has 0 aliphatic carbocycles. The van der Waals surface area contributed by atoms with E-state index in [2.05, 4.69) is 15.3 Å². The SMILES string of the molecule is CCOC(=O)NN=C(C)c1ccc(F)cc1F. The first-order valence-corrected chi connectivity index (χ1v) is 4.97. The van der Waals surface area contributed by atoms with E-state index in [0.29, 0.717) is 0 Å². The molecule has 0 saturated carbocycles. The Hall–Kier alpha value is -1.98. The summed E-state index contributed by atoms with van der Waals surface area (Å²) in [7, 11) is 0. The molecule has 0 atom stereocenters. The molecule has 0 saturated heterocycles. The first-order chi connectivity index (χ1) is 8.04. The molecule has 0 bridgehead atoms. The van der Waals surface area contributed by atoms with Crippen molar-refractivity contribution in [3.8, 4) is 0 Å². The summed E-state index contributed by atoms with van der Waals surface area (Å²) in [6.07, 6.45) is -0.727. The zero-order chi connectivity index (χ0) is 12.8. The molecule has 0 radical (unpaired) electrons. The minimum Gasteiger partial charge on any atom is -0.449 e. The molecule has 0 aliphatic rings. The fourth-order valence-corrected chi connectivity index (χ4v) is 1.14. The molecule has 1 rings (SSSR count). The van der Waals surface area contributed by atoms with Crippen molar-refractivity contribution in [2.45, 2.75) is 13.8 Å². The molecule has 1 aromatic rings. The Labute approximate surface area is 97.3 Å². The predicted octanol–water partition coefficient (Wildman–Crippen LogP) is 2.43. The molecule has 1 N–H and O–H groups in total. The number of carbonyl (C=O) groups is 1. The van der Waals surface area contributed by atoms with Crippen LogP contribution in [0.4, 0.5) is 13.6 Å². The number of hydrogen-bond acceptors (Lipinski definition) is 3. The van der Waals surface area contributed by atoms with Gasteiger partial charge in [-0.25, -0.2) is 19.0 Å². The van der Waals surface area contributed by atoms with E-state index in [4.69, 9.17) is 0 Å². The molecule has 92 valence electrons. The normalized spacial score (nSPS) is 11.2. The van der Waals surface area contributed by atoms with E-state index < -0.39 is 17.7 Å². The molecule has 1 amide bonds. The number of carbonyl (C=O) groups excluding carboxylic acids is 1. The van der Waals surface area contributed by atoms with Crippen LogP contribution in [-0.2, 0) is 4.74 Å². The topological polar surface area (TPSA) is 50.7 Å². The lowest BCUT2D eigenvalue weighted by Gasteiger charge is -2.04. The van der Waals surface area contributed by atoms with Crippen LogP contribution in [0.25, 0.3) is 0 Å². The fourth-order valence-electron chi connectivity index (χ4n) is 1.14. The van der Waals surface area contributed by atoms with E-state index >= 15 is 0 Å². The molecule has 0 fully saturated rings. The third kappa shape index (κ3) is 3.82. The van der Waals surface area contributed by atoms with E-state index in [1.54, 1.807) is 6.92 Å². The average molecular weight is 242 g/mol. The smallest absolute Gasteiger partial charge is 0.427 e. The third-order valence-corrected chi connectivity index (χ3v) is 1.91. The van der Waals surface area contributed by atoms with Crippen LogP contribution in [0.15, 0.2) is 23.3 Å². The van der Waals surface area contributed by atoms with Crippen molar-refractivity contribution in [1.82, 2.24) is 5.43 Å². The summed E-state index contributed by atoms with van der Waals surface area (Å²) in [5.41, 5.74) is 2.42. The molecule has 17 heavy (non-hydrogen) atoms. The van der Waals surface area contributed by atoms with Crippen LogP contribution in [-0.4, -0.2) is 18.4 Å². The van der Waals surface area contributed by atoms with Gasteiger partial charge in [-0.1, -0.05) is 0 Å². The standard InChI is InChI=1S/C11H12F2N2O2/c1-3-17-11(16)15-14-7(2)9-5-4-8(12)6-10(9)13/h4-6H,3H2,1-2H3,(H,15,16). The second kappa shape index (κ2) is 5.93. The Morgan fingerprint density at radius 3 is 2.76 bits per heavy atom. The average Bonchev–Trinajstić information content (AvgIpc) is 2.26. The first kappa shape index (κ1) is 13.1. The van der Waals surface area contributed by atoms with Crippen LogP contribution in [0.3, 0.4) is 0 Å². The van der Waals surface area contributed by atoms with E-state index in [1.807, 2.05) is 0 Å². The summed E-state index contributed by atoms with van der Waals surface area (Å²) in [6, 6.07) is 3.11. The number of benzene rings is 1. The lowest BCUT2D eigenvalue weighted by molar-refractivity contribution is 0.152. The van der Waals surface area contributed by atoms with Crippen LogP contribution >= 0.6 is 0 Å². The zero-order valence-electron chi connectivity index (χ0n) is 9.46. The Kier molecular flexibility index (Phi) is 4.56. The highest BCUT2D eigenvalue weighted by atomic mass is 19.1. The van der Waals surface area contributed by atoms with Crippen LogP contribution in [0.2, 0.25) is 0 Å². The summed E-state index contributed by atoms with van der Waals surface area (Å²) in [5.74, 6) is -1.41. The van der Waals surface area contributed by atoms with Gasteiger partial charge in [0.1, 0.15) is 11.6 Å². The van der Waals surface area contributed by atoms with Gasteiger partial charge in [0.25, 0.3) is 0 Å². The number of hydrogen-bond donors (Lipinski definition) is 1. The molecule has 0 aliphatic heterocycles. The fraction of sp³-hybridized carbons (Fsp3) is 0.273. The third-order valence-electron chi connectivity index (χ3n) is 1.91. The van der Waals surface area contributed by atoms with Crippen molar-refractivity contribution < 1.29 is 18.3 Å². The van der Waals surface area contributed by atoms with E-state index in [0.717, 1.165) is 12.1 Å². The monoisotopic (exact) mass is 242 g/mol. The van der Waals surface area contributed by atoms with E-state index in [-0.39, 0.29) is 17.9 Å². The van der Waals surface area contributed by atoms with Crippen molar-refractivity contribution >= 4 is 11.8 Å². The van der Waals surface area contributed by atoms with Gasteiger partial charge in [0, 0.05) is 11.6 Å². The molecule has 0 spiro atoms. The van der Waals surface area contributed by atoms with E-state index in [9.17, 15) is 13.6 Å². The van der Waals surface area contributed by atoms with Crippen molar-refractivity contribution in [3.05, 3.63) is 35.4 Å². The number of nitrogens with one attached hydrogen (secondary N) is 1. The number of hydrazone groups is 1. The van der Waals surface area contributed by atoms with Crippen LogP contribution < -0.4 is 5.43 Å². The van der Waals surface area contributed by atoms with Crippen molar-refractivity contribution in [3.63, 3.8) is 0 Å². The largest absolute Gasteiger partial charge is 0.449 e. The van der Waals surface area contributed by atoms with Crippen molar-refractivity contribution in [2.24, 2.45) is 5.10 Å². The minimum atomic E-state index is -0.739. The highest BCUT2D eigenvalue weighted by molar-refractivity contribution is 5.99. The predicted molar refractivity (Wildman–Crippen MR) is 58.7 cm³/mol. The maximum atomic E-state index is 13.3. The second-order valence-electron chi connectivity index (χ2n) is 3.15. The number of amides is 1. The van der Waals surface area contributed by atoms with Crippen molar-refractivity contribution in [2.75, 3.05) is 6.61 Å². The Morgan fingerprint density at radius 2 is 2.18 bits per heavy atom. The maximum Gasteiger partial charge on any atom is 0.427 e. The number of rotatable bonds is 3. The van der Waals surface area contributed by atoms with Crippen LogP contribution in [0, 0.1) is 11.6 Å². The second-order valence-corrected chi connectivity index (χ2v) is 3.15. The molecular formula is C11H12F2N2O2. The van der Waals surface area contributed by atoms with Crippen LogP contribution in [0.1, 0.15) is 19.4 Å². The van der Waals surface area contributed by atoms with Gasteiger partial charge < -0.3 is 4.74 Å². The van der Waals surface area contributed by atoms with Gasteiger partial charge in [-0.15, -0.1) is 0 Å². The summed E-state index contributed by atoms with van der Waals surface area (Å²) in [4.78, 5) is 10.9. The number of ether oxygens (including phenoxy) is 1. The minimum absolute atomic E-state index is 0.114. The van der Waals surface area contributed by atoms with Gasteiger partial charge in [0.05, 0.1) is 12.3 Å². The summed E-state index contributed by atoms with van der Waals surface area (Å²) < 4.78 is 30.5. The van der Waals surface area contributed by atoms with Crippen LogP contribution in [0.5, 0.6) is 0 Å². The zero-order valence-corrected chi connectivity index (χ0v) is 9.46. The molecule has 0 aromatic heterocycles. The van der Waals surface area contributed by atoms with Gasteiger partial charge in [0.2, 0.25) is 0 Å². The molecule has 0 unspecified atom stereocenters. The van der Waals surface area contributed by atoms with Gasteiger partial charge in [-0.2, -0.15) is 5.10 Å². The van der Waals surface area contributed by atoms with Gasteiger partial charge >= 0.3 is 6.09 Å². The molecule has 1 aromatic carbocycles. The lowest BCUT2D eigenvalue weighted by Crippen LogP contribution is -2.20.